The van der Waals surface area contributed by atoms with Gasteiger partial charge in [0.15, 0.2) is 0 Å². The Morgan fingerprint density at radius 1 is 1.53 bits per heavy atom. The Morgan fingerprint density at radius 3 is 2.67 bits per heavy atom. The molecule has 1 aliphatic rings. The molecule has 1 fully saturated rings. The van der Waals surface area contributed by atoms with Crippen LogP contribution in [0.25, 0.3) is 0 Å². The lowest BCUT2D eigenvalue weighted by atomic mass is 10.0. The SMILES string of the molecule is CCN(CC)C(=O)NCC1(O)CCNC1. The van der Waals surface area contributed by atoms with Gasteiger partial charge in [0.25, 0.3) is 0 Å². The lowest BCUT2D eigenvalue weighted by Crippen LogP contribution is -2.48. The lowest BCUT2D eigenvalue weighted by Gasteiger charge is -2.25. The molecule has 5 nitrogen and oxygen atoms in total. The van der Waals surface area contributed by atoms with E-state index in [1.54, 1.807) is 4.90 Å². The van der Waals surface area contributed by atoms with E-state index in [9.17, 15) is 9.90 Å². The molecule has 1 rings (SSSR count). The van der Waals surface area contributed by atoms with E-state index in [0.29, 0.717) is 32.6 Å². The Hall–Kier alpha value is -0.810. The second-order valence-electron chi connectivity index (χ2n) is 3.98. The van der Waals surface area contributed by atoms with Gasteiger partial charge in [0.05, 0.1) is 5.60 Å². The monoisotopic (exact) mass is 215 g/mol. The second kappa shape index (κ2) is 5.32. The first-order valence-electron chi connectivity index (χ1n) is 5.57. The number of amides is 2. The summed E-state index contributed by atoms with van der Waals surface area (Å²) in [5.41, 5.74) is -0.761. The van der Waals surface area contributed by atoms with Gasteiger partial charge in [0, 0.05) is 26.2 Å². The zero-order valence-corrected chi connectivity index (χ0v) is 9.55. The van der Waals surface area contributed by atoms with E-state index in [4.69, 9.17) is 0 Å². The topological polar surface area (TPSA) is 64.6 Å². The molecule has 0 spiro atoms. The first kappa shape index (κ1) is 12.3. The molecule has 1 atom stereocenters. The number of hydrogen-bond donors (Lipinski definition) is 3. The Morgan fingerprint density at radius 2 is 2.20 bits per heavy atom. The number of urea groups is 1. The van der Waals surface area contributed by atoms with Crippen molar-refractivity contribution in [2.24, 2.45) is 0 Å². The highest BCUT2D eigenvalue weighted by molar-refractivity contribution is 5.74. The molecular formula is C10H21N3O2. The molecule has 1 aliphatic heterocycles. The Balaban J connectivity index is 2.32. The van der Waals surface area contributed by atoms with Gasteiger partial charge in [-0.1, -0.05) is 0 Å². The summed E-state index contributed by atoms with van der Waals surface area (Å²) in [6.45, 7) is 6.97. The van der Waals surface area contributed by atoms with E-state index in [1.807, 2.05) is 13.8 Å². The summed E-state index contributed by atoms with van der Waals surface area (Å²) >= 11 is 0. The van der Waals surface area contributed by atoms with Crippen molar-refractivity contribution in [3.05, 3.63) is 0 Å². The number of rotatable bonds is 4. The third kappa shape index (κ3) is 3.35. The molecule has 5 heteroatoms. The molecule has 0 aromatic rings. The molecule has 0 aromatic heterocycles. The van der Waals surface area contributed by atoms with Crippen molar-refractivity contribution in [1.29, 1.82) is 0 Å². The van der Waals surface area contributed by atoms with Crippen LogP contribution in [-0.2, 0) is 0 Å². The van der Waals surface area contributed by atoms with Crippen LogP contribution in [0.3, 0.4) is 0 Å². The van der Waals surface area contributed by atoms with Crippen LogP contribution in [0.4, 0.5) is 4.79 Å². The van der Waals surface area contributed by atoms with Crippen LogP contribution >= 0.6 is 0 Å². The van der Waals surface area contributed by atoms with Gasteiger partial charge in [-0.25, -0.2) is 4.79 Å². The fraction of sp³-hybridized carbons (Fsp3) is 0.900. The standard InChI is InChI=1S/C10H21N3O2/c1-3-13(4-2)9(14)12-8-10(15)5-6-11-7-10/h11,15H,3-8H2,1-2H3,(H,12,14). The number of nitrogens with one attached hydrogen (secondary N) is 2. The molecule has 88 valence electrons. The van der Waals surface area contributed by atoms with E-state index in [0.717, 1.165) is 6.54 Å². The fourth-order valence-corrected chi connectivity index (χ4v) is 1.74. The third-order valence-electron chi connectivity index (χ3n) is 2.84. The third-order valence-corrected chi connectivity index (χ3v) is 2.84. The maximum atomic E-state index is 11.6. The summed E-state index contributed by atoms with van der Waals surface area (Å²) < 4.78 is 0. The molecule has 3 N–H and O–H groups in total. The molecule has 0 radical (unpaired) electrons. The number of carbonyl (C=O) groups excluding carboxylic acids is 1. The first-order chi connectivity index (χ1) is 7.11. The van der Waals surface area contributed by atoms with Crippen LogP contribution < -0.4 is 10.6 Å². The summed E-state index contributed by atoms with van der Waals surface area (Å²) in [5.74, 6) is 0. The molecule has 2 amide bonds. The minimum absolute atomic E-state index is 0.0969. The fourth-order valence-electron chi connectivity index (χ4n) is 1.74. The quantitative estimate of drug-likeness (QED) is 0.606. The number of hydrogen-bond acceptors (Lipinski definition) is 3. The maximum Gasteiger partial charge on any atom is 0.317 e. The van der Waals surface area contributed by atoms with Gasteiger partial charge in [-0.15, -0.1) is 0 Å². The molecule has 0 aliphatic carbocycles. The highest BCUT2D eigenvalue weighted by Crippen LogP contribution is 2.12. The zero-order chi connectivity index (χ0) is 11.3. The van der Waals surface area contributed by atoms with Gasteiger partial charge in [-0.2, -0.15) is 0 Å². The summed E-state index contributed by atoms with van der Waals surface area (Å²) in [4.78, 5) is 13.3. The van der Waals surface area contributed by atoms with Gasteiger partial charge < -0.3 is 20.6 Å². The Labute approximate surface area is 90.8 Å². The van der Waals surface area contributed by atoms with E-state index >= 15 is 0 Å². The summed E-state index contributed by atoms with van der Waals surface area (Å²) in [6, 6.07) is -0.0969. The van der Waals surface area contributed by atoms with E-state index in [-0.39, 0.29) is 6.03 Å². The Bertz CT molecular complexity index is 211. The molecule has 15 heavy (non-hydrogen) atoms. The number of aliphatic hydroxyl groups is 1. The highest BCUT2D eigenvalue weighted by atomic mass is 16.3. The predicted molar refractivity (Wildman–Crippen MR) is 58.8 cm³/mol. The smallest absolute Gasteiger partial charge is 0.317 e. The van der Waals surface area contributed by atoms with Crippen LogP contribution in [0, 0.1) is 0 Å². The van der Waals surface area contributed by atoms with Crippen LogP contribution in [0.5, 0.6) is 0 Å². The van der Waals surface area contributed by atoms with Crippen LogP contribution in [0.15, 0.2) is 0 Å². The first-order valence-corrected chi connectivity index (χ1v) is 5.57. The van der Waals surface area contributed by atoms with Crippen molar-refractivity contribution in [3.63, 3.8) is 0 Å². The average Bonchev–Trinajstić information content (AvgIpc) is 2.65. The van der Waals surface area contributed by atoms with Crippen molar-refractivity contribution >= 4 is 6.03 Å². The molecule has 0 bridgehead atoms. The number of nitrogens with zero attached hydrogens (tertiary/aromatic N) is 1. The highest BCUT2D eigenvalue weighted by Gasteiger charge is 2.31. The van der Waals surface area contributed by atoms with E-state index < -0.39 is 5.60 Å². The van der Waals surface area contributed by atoms with E-state index in [2.05, 4.69) is 10.6 Å². The summed E-state index contributed by atoms with van der Waals surface area (Å²) in [7, 11) is 0. The van der Waals surface area contributed by atoms with Crippen molar-refractivity contribution < 1.29 is 9.90 Å². The second-order valence-corrected chi connectivity index (χ2v) is 3.98. The molecule has 1 saturated heterocycles. The predicted octanol–water partition coefficient (Wildman–Crippen LogP) is -0.238. The molecular weight excluding hydrogens is 194 g/mol. The summed E-state index contributed by atoms with van der Waals surface area (Å²) in [6.07, 6.45) is 0.700. The minimum atomic E-state index is -0.761. The van der Waals surface area contributed by atoms with E-state index in [1.165, 1.54) is 0 Å². The van der Waals surface area contributed by atoms with Gasteiger partial charge >= 0.3 is 6.03 Å². The zero-order valence-electron chi connectivity index (χ0n) is 9.55. The Kier molecular flexibility index (Phi) is 4.35. The minimum Gasteiger partial charge on any atom is -0.387 e. The summed E-state index contributed by atoms with van der Waals surface area (Å²) in [5, 5.41) is 15.8. The van der Waals surface area contributed by atoms with Crippen LogP contribution in [0.1, 0.15) is 20.3 Å². The van der Waals surface area contributed by atoms with Gasteiger partial charge in [0.1, 0.15) is 0 Å². The van der Waals surface area contributed by atoms with Crippen LogP contribution in [-0.4, -0.2) is 54.4 Å². The number of carbonyl (C=O) groups is 1. The lowest BCUT2D eigenvalue weighted by molar-refractivity contribution is 0.0617. The maximum absolute atomic E-state index is 11.6. The van der Waals surface area contributed by atoms with Crippen molar-refractivity contribution in [2.45, 2.75) is 25.9 Å². The normalized spacial score (nSPS) is 25.3. The van der Waals surface area contributed by atoms with Crippen molar-refractivity contribution in [1.82, 2.24) is 15.5 Å². The molecule has 1 unspecified atom stereocenters. The van der Waals surface area contributed by atoms with Gasteiger partial charge in [0.2, 0.25) is 0 Å². The van der Waals surface area contributed by atoms with Gasteiger partial charge in [-0.05, 0) is 26.8 Å². The molecule has 0 saturated carbocycles. The average molecular weight is 215 g/mol. The van der Waals surface area contributed by atoms with Crippen molar-refractivity contribution in [3.8, 4) is 0 Å². The van der Waals surface area contributed by atoms with Gasteiger partial charge in [-0.3, -0.25) is 0 Å². The van der Waals surface area contributed by atoms with Crippen molar-refractivity contribution in [2.75, 3.05) is 32.7 Å². The molecule has 1 heterocycles. The number of β-amino-alcohol motifs (C(OH)–C–C–N with tert-alkyl or cyclic N) is 1. The molecule has 0 aromatic carbocycles. The van der Waals surface area contributed by atoms with Crippen LogP contribution in [0.2, 0.25) is 0 Å². The largest absolute Gasteiger partial charge is 0.387 e.